The zero-order valence-electron chi connectivity index (χ0n) is 9.77. The minimum absolute atomic E-state index is 0.243. The van der Waals surface area contributed by atoms with Crippen LogP contribution in [0.4, 0.5) is 0 Å². The van der Waals surface area contributed by atoms with E-state index in [1.54, 1.807) is 29.5 Å². The Kier molecular flexibility index (Phi) is 5.19. The summed E-state index contributed by atoms with van der Waals surface area (Å²) in [5.74, 6) is 0. The molecule has 0 bridgehead atoms. The maximum absolute atomic E-state index is 12.2. The van der Waals surface area contributed by atoms with Crippen LogP contribution in [0.2, 0.25) is 0 Å². The normalized spacial score (nSPS) is 11.7. The van der Waals surface area contributed by atoms with Crippen molar-refractivity contribution in [3.05, 3.63) is 49.5 Å². The quantitative estimate of drug-likeness (QED) is 0.793. The molecule has 0 radical (unpaired) electrons. The molecule has 2 rings (SSSR count). The fourth-order valence-corrected chi connectivity index (χ4v) is 4.76. The second kappa shape index (κ2) is 6.49. The second-order valence-electron chi connectivity index (χ2n) is 3.85. The molecule has 1 heterocycles. The van der Waals surface area contributed by atoms with E-state index in [2.05, 4.69) is 36.6 Å². The summed E-state index contributed by atoms with van der Waals surface area (Å²) < 4.78 is 28.2. The standard InChI is InChI=1S/C12H11Br2NO2S2/c13-10-1-2-11(14)12(7-10)19(16,17)15-5-3-9-4-6-18-8-9/h1-2,4,6-8,15H,3,5H2. The van der Waals surface area contributed by atoms with Crippen molar-refractivity contribution in [3.63, 3.8) is 0 Å². The summed E-state index contributed by atoms with van der Waals surface area (Å²) in [5, 5.41) is 4.00. The van der Waals surface area contributed by atoms with E-state index in [1.165, 1.54) is 0 Å². The van der Waals surface area contributed by atoms with Crippen molar-refractivity contribution in [1.29, 1.82) is 0 Å². The monoisotopic (exact) mass is 423 g/mol. The van der Waals surface area contributed by atoms with Crippen LogP contribution in [0.3, 0.4) is 0 Å². The molecule has 0 atom stereocenters. The van der Waals surface area contributed by atoms with Crippen LogP contribution in [0.5, 0.6) is 0 Å². The zero-order valence-corrected chi connectivity index (χ0v) is 14.6. The molecular formula is C12H11Br2NO2S2. The summed E-state index contributed by atoms with van der Waals surface area (Å²) in [6.07, 6.45) is 0.689. The Hall–Kier alpha value is -0.210. The molecule has 0 amide bonds. The number of sulfonamides is 1. The third-order valence-electron chi connectivity index (χ3n) is 2.47. The van der Waals surface area contributed by atoms with Crippen molar-refractivity contribution < 1.29 is 8.42 Å². The predicted molar refractivity (Wildman–Crippen MR) is 85.1 cm³/mol. The van der Waals surface area contributed by atoms with E-state index in [9.17, 15) is 8.42 Å². The lowest BCUT2D eigenvalue weighted by molar-refractivity contribution is 0.581. The Labute approximate surface area is 133 Å². The maximum atomic E-state index is 12.2. The molecule has 1 aromatic carbocycles. The van der Waals surface area contributed by atoms with Gasteiger partial charge < -0.3 is 0 Å². The Balaban J connectivity index is 2.07. The van der Waals surface area contributed by atoms with Gasteiger partial charge in [0.05, 0.1) is 4.90 Å². The third-order valence-corrected chi connectivity index (χ3v) is 6.15. The smallest absolute Gasteiger partial charge is 0.211 e. The van der Waals surface area contributed by atoms with Crippen LogP contribution in [-0.2, 0) is 16.4 Å². The van der Waals surface area contributed by atoms with E-state index >= 15 is 0 Å². The fraction of sp³-hybridized carbons (Fsp3) is 0.167. The molecule has 0 aliphatic carbocycles. The molecular weight excluding hydrogens is 414 g/mol. The Morgan fingerprint density at radius 1 is 1.21 bits per heavy atom. The molecule has 0 spiro atoms. The van der Waals surface area contributed by atoms with Gasteiger partial charge in [-0.15, -0.1) is 0 Å². The highest BCUT2D eigenvalue weighted by molar-refractivity contribution is 9.11. The first-order chi connectivity index (χ1) is 8.99. The largest absolute Gasteiger partial charge is 0.241 e. The summed E-state index contributed by atoms with van der Waals surface area (Å²) in [5.41, 5.74) is 1.14. The van der Waals surface area contributed by atoms with Crippen LogP contribution < -0.4 is 4.72 Å². The van der Waals surface area contributed by atoms with E-state index in [4.69, 9.17) is 0 Å². The molecule has 2 aromatic rings. The molecule has 3 nitrogen and oxygen atoms in total. The summed E-state index contributed by atoms with van der Waals surface area (Å²) in [6, 6.07) is 7.07. The molecule has 102 valence electrons. The van der Waals surface area contributed by atoms with Crippen molar-refractivity contribution in [2.75, 3.05) is 6.54 Å². The average molecular weight is 425 g/mol. The van der Waals surface area contributed by atoms with Crippen molar-refractivity contribution >= 4 is 53.2 Å². The highest BCUT2D eigenvalue weighted by atomic mass is 79.9. The van der Waals surface area contributed by atoms with Gasteiger partial charge in [-0.2, -0.15) is 11.3 Å². The molecule has 1 N–H and O–H groups in total. The molecule has 0 saturated carbocycles. The van der Waals surface area contributed by atoms with Crippen LogP contribution in [0.1, 0.15) is 5.56 Å². The Bertz CT molecular complexity index is 654. The predicted octanol–water partition coefficient (Wildman–Crippen LogP) is 3.79. The second-order valence-corrected chi connectivity index (χ2v) is 8.14. The van der Waals surface area contributed by atoms with Gasteiger partial charge in [-0.05, 0) is 62.9 Å². The number of halogens is 2. The molecule has 0 aliphatic heterocycles. The Morgan fingerprint density at radius 3 is 2.68 bits per heavy atom. The SMILES string of the molecule is O=S(=O)(NCCc1ccsc1)c1cc(Br)ccc1Br. The maximum Gasteiger partial charge on any atom is 0.241 e. The lowest BCUT2D eigenvalue weighted by Crippen LogP contribution is -2.26. The number of thiophene rings is 1. The van der Waals surface area contributed by atoms with Gasteiger partial charge in [0.2, 0.25) is 10.0 Å². The highest BCUT2D eigenvalue weighted by Gasteiger charge is 2.17. The first-order valence-corrected chi connectivity index (χ1v) is 9.46. The van der Waals surface area contributed by atoms with Gasteiger partial charge in [0.1, 0.15) is 0 Å². The van der Waals surface area contributed by atoms with Crippen molar-refractivity contribution in [2.24, 2.45) is 0 Å². The summed E-state index contributed by atoms with van der Waals surface area (Å²) in [6.45, 7) is 0.387. The van der Waals surface area contributed by atoms with E-state index in [0.717, 1.165) is 10.0 Å². The molecule has 0 aliphatic rings. The first-order valence-electron chi connectivity index (χ1n) is 5.45. The molecule has 7 heteroatoms. The molecule has 1 aromatic heterocycles. The highest BCUT2D eigenvalue weighted by Crippen LogP contribution is 2.25. The van der Waals surface area contributed by atoms with Gasteiger partial charge >= 0.3 is 0 Å². The van der Waals surface area contributed by atoms with E-state index in [-0.39, 0.29) is 4.90 Å². The number of benzene rings is 1. The zero-order chi connectivity index (χ0) is 13.9. The lowest BCUT2D eigenvalue weighted by Gasteiger charge is -2.08. The van der Waals surface area contributed by atoms with E-state index in [0.29, 0.717) is 17.4 Å². The Morgan fingerprint density at radius 2 is 2.00 bits per heavy atom. The van der Waals surface area contributed by atoms with Crippen molar-refractivity contribution in [3.8, 4) is 0 Å². The third kappa shape index (κ3) is 4.13. The van der Waals surface area contributed by atoms with Gasteiger partial charge in [-0.1, -0.05) is 15.9 Å². The van der Waals surface area contributed by atoms with Gasteiger partial charge in [0.25, 0.3) is 0 Å². The minimum Gasteiger partial charge on any atom is -0.211 e. The minimum atomic E-state index is -3.49. The van der Waals surface area contributed by atoms with Crippen LogP contribution in [0, 0.1) is 0 Å². The van der Waals surface area contributed by atoms with Crippen LogP contribution in [0.15, 0.2) is 48.9 Å². The average Bonchev–Trinajstić information content (AvgIpc) is 2.85. The summed E-state index contributed by atoms with van der Waals surface area (Å²) in [4.78, 5) is 0.243. The number of hydrogen-bond acceptors (Lipinski definition) is 3. The number of hydrogen-bond donors (Lipinski definition) is 1. The molecule has 0 saturated heterocycles. The number of nitrogens with one attached hydrogen (secondary N) is 1. The fourth-order valence-electron chi connectivity index (χ4n) is 1.53. The molecule has 0 unspecified atom stereocenters. The van der Waals surface area contributed by atoms with Crippen molar-refractivity contribution in [2.45, 2.75) is 11.3 Å². The number of rotatable bonds is 5. The van der Waals surface area contributed by atoms with Crippen LogP contribution in [-0.4, -0.2) is 15.0 Å². The lowest BCUT2D eigenvalue weighted by atomic mass is 10.2. The van der Waals surface area contributed by atoms with Gasteiger partial charge in [0, 0.05) is 15.5 Å². The van der Waals surface area contributed by atoms with Crippen LogP contribution >= 0.6 is 43.2 Å². The van der Waals surface area contributed by atoms with E-state index in [1.807, 2.05) is 16.8 Å². The molecule has 0 fully saturated rings. The van der Waals surface area contributed by atoms with Crippen molar-refractivity contribution in [1.82, 2.24) is 4.72 Å². The topological polar surface area (TPSA) is 46.2 Å². The first kappa shape index (κ1) is 15.2. The summed E-state index contributed by atoms with van der Waals surface area (Å²) >= 11 is 8.14. The van der Waals surface area contributed by atoms with Crippen LogP contribution in [0.25, 0.3) is 0 Å². The van der Waals surface area contributed by atoms with Gasteiger partial charge in [-0.3, -0.25) is 0 Å². The van der Waals surface area contributed by atoms with E-state index < -0.39 is 10.0 Å². The summed E-state index contributed by atoms with van der Waals surface area (Å²) in [7, 11) is -3.49. The van der Waals surface area contributed by atoms with Gasteiger partial charge in [-0.25, -0.2) is 13.1 Å². The van der Waals surface area contributed by atoms with Gasteiger partial charge in [0.15, 0.2) is 0 Å². The molecule has 19 heavy (non-hydrogen) atoms.